The molecule has 29 heavy (non-hydrogen) atoms. The van der Waals surface area contributed by atoms with Crippen LogP contribution in [0.5, 0.6) is 5.75 Å². The maximum atomic E-state index is 14.0. The van der Waals surface area contributed by atoms with Crippen LogP contribution in [0.4, 0.5) is 10.1 Å². The van der Waals surface area contributed by atoms with Crippen molar-refractivity contribution in [3.8, 4) is 11.8 Å². The number of rotatable bonds is 10. The lowest BCUT2D eigenvalue weighted by Gasteiger charge is -2.22. The van der Waals surface area contributed by atoms with E-state index in [0.717, 1.165) is 16.2 Å². The molecule has 2 rings (SSSR count). The summed E-state index contributed by atoms with van der Waals surface area (Å²) < 4.78 is 24.5. The number of carbonyl (C=O) groups excluding carboxylic acids is 2. The summed E-state index contributed by atoms with van der Waals surface area (Å²) in [6.07, 6.45) is 0.563. The Morgan fingerprint density at radius 2 is 1.86 bits per heavy atom. The van der Waals surface area contributed by atoms with Gasteiger partial charge in [0.15, 0.2) is 6.61 Å². The van der Waals surface area contributed by atoms with Crippen molar-refractivity contribution >= 4 is 17.6 Å². The van der Waals surface area contributed by atoms with E-state index >= 15 is 0 Å². The minimum atomic E-state index is -0.588. The summed E-state index contributed by atoms with van der Waals surface area (Å²) in [4.78, 5) is 25.4. The summed E-state index contributed by atoms with van der Waals surface area (Å²) in [6, 6.07) is 15.2. The highest BCUT2D eigenvalue weighted by Gasteiger charge is 2.20. The smallest absolute Gasteiger partial charge is 0.306 e. The average Bonchev–Trinajstić information content (AvgIpc) is 2.72. The molecule has 0 spiro atoms. The van der Waals surface area contributed by atoms with Crippen molar-refractivity contribution in [2.75, 3.05) is 24.7 Å². The second-order valence-corrected chi connectivity index (χ2v) is 6.33. The molecule has 0 saturated carbocycles. The van der Waals surface area contributed by atoms with Gasteiger partial charge in [-0.25, -0.2) is 4.39 Å². The quantitative estimate of drug-likeness (QED) is 0.449. The van der Waals surface area contributed by atoms with E-state index in [0.29, 0.717) is 13.0 Å². The average molecular weight is 398 g/mol. The molecule has 0 bridgehead atoms. The summed E-state index contributed by atoms with van der Waals surface area (Å²) >= 11 is 0. The lowest BCUT2D eigenvalue weighted by molar-refractivity contribution is -0.148. The lowest BCUT2D eigenvalue weighted by Crippen LogP contribution is -2.36. The zero-order chi connectivity index (χ0) is 21.1. The number of aryl methyl sites for hydroxylation is 1. The molecule has 0 fully saturated rings. The molecule has 0 heterocycles. The van der Waals surface area contributed by atoms with Crippen molar-refractivity contribution in [1.29, 1.82) is 5.26 Å². The lowest BCUT2D eigenvalue weighted by atomic mass is 10.2. The van der Waals surface area contributed by atoms with E-state index in [-0.39, 0.29) is 25.1 Å². The van der Waals surface area contributed by atoms with Gasteiger partial charge in [0.25, 0.3) is 5.91 Å². The van der Waals surface area contributed by atoms with Crippen LogP contribution in [0.25, 0.3) is 0 Å². The van der Waals surface area contributed by atoms with Gasteiger partial charge in [-0.3, -0.25) is 9.59 Å². The van der Waals surface area contributed by atoms with Crippen LogP contribution >= 0.6 is 0 Å². The highest BCUT2D eigenvalue weighted by atomic mass is 19.1. The second-order valence-electron chi connectivity index (χ2n) is 6.33. The summed E-state index contributed by atoms with van der Waals surface area (Å²) in [6.45, 7) is 1.82. The van der Waals surface area contributed by atoms with E-state index in [1.807, 2.05) is 37.3 Å². The number of benzene rings is 2. The van der Waals surface area contributed by atoms with Crippen molar-refractivity contribution in [2.24, 2.45) is 0 Å². The van der Waals surface area contributed by atoms with E-state index in [2.05, 4.69) is 0 Å². The highest BCUT2D eigenvalue weighted by molar-refractivity contribution is 5.95. The molecular formula is C22H23FN2O4. The van der Waals surface area contributed by atoms with Crippen molar-refractivity contribution < 1.29 is 23.5 Å². The molecule has 0 saturated heterocycles. The van der Waals surface area contributed by atoms with Crippen molar-refractivity contribution in [2.45, 2.75) is 26.2 Å². The Bertz CT molecular complexity index is 862. The minimum Gasteiger partial charge on any atom is -0.494 e. The molecule has 0 atom stereocenters. The number of amides is 1. The van der Waals surface area contributed by atoms with Gasteiger partial charge in [0.1, 0.15) is 11.6 Å². The number of hydrogen-bond donors (Lipinski definition) is 0. The van der Waals surface area contributed by atoms with Crippen LogP contribution in [0, 0.1) is 24.1 Å². The van der Waals surface area contributed by atoms with E-state index in [1.165, 1.54) is 18.2 Å². The zero-order valence-electron chi connectivity index (χ0n) is 16.3. The molecule has 0 aromatic heterocycles. The molecule has 0 N–H and O–H groups in total. The Kier molecular flexibility index (Phi) is 8.64. The number of esters is 1. The molecular weight excluding hydrogens is 375 g/mol. The summed E-state index contributed by atoms with van der Waals surface area (Å²) in [7, 11) is 0. The van der Waals surface area contributed by atoms with E-state index in [9.17, 15) is 14.0 Å². The third kappa shape index (κ3) is 7.26. The Balaban J connectivity index is 1.78. The van der Waals surface area contributed by atoms with Gasteiger partial charge in [-0.15, -0.1) is 0 Å². The summed E-state index contributed by atoms with van der Waals surface area (Å²) in [5.41, 5.74) is 1.18. The number of nitrogens with zero attached hydrogens (tertiary/aromatic N) is 2. The number of carbonyl (C=O) groups is 2. The molecule has 152 valence electrons. The van der Waals surface area contributed by atoms with Crippen LogP contribution in [-0.4, -0.2) is 31.6 Å². The Morgan fingerprint density at radius 3 is 2.55 bits per heavy atom. The Hall–Kier alpha value is -3.40. The van der Waals surface area contributed by atoms with E-state index in [4.69, 9.17) is 14.7 Å². The van der Waals surface area contributed by atoms with E-state index in [1.54, 1.807) is 6.07 Å². The molecule has 0 aliphatic carbocycles. The van der Waals surface area contributed by atoms with E-state index < -0.39 is 24.3 Å². The maximum Gasteiger partial charge on any atom is 0.306 e. The van der Waals surface area contributed by atoms with Gasteiger partial charge in [-0.2, -0.15) is 5.26 Å². The van der Waals surface area contributed by atoms with Gasteiger partial charge >= 0.3 is 5.97 Å². The first-order chi connectivity index (χ1) is 14.0. The monoisotopic (exact) mass is 398 g/mol. The number of para-hydroxylation sites is 1. The van der Waals surface area contributed by atoms with Gasteiger partial charge in [-0.1, -0.05) is 29.8 Å². The zero-order valence-corrected chi connectivity index (χ0v) is 16.3. The molecule has 2 aromatic rings. The standard InChI is InChI=1S/C22H23FN2O4/c1-17-9-11-18(12-10-17)28-15-4-8-22(27)29-16-21(26)25(14-5-13-24)20-7-3-2-6-19(20)23/h2-3,6-7,9-12H,4-5,8,14-16H2,1H3. The molecule has 0 aliphatic heterocycles. The SMILES string of the molecule is Cc1ccc(OCCCC(=O)OCC(=O)N(CCC#N)c2ccccc2F)cc1. The van der Waals surface area contributed by atoms with Crippen LogP contribution in [-0.2, 0) is 14.3 Å². The van der Waals surface area contributed by atoms with Crippen molar-refractivity contribution in [3.05, 3.63) is 59.9 Å². The largest absolute Gasteiger partial charge is 0.494 e. The second kappa shape index (κ2) is 11.4. The molecule has 0 unspecified atom stereocenters. The van der Waals surface area contributed by atoms with Crippen LogP contribution in [0.1, 0.15) is 24.8 Å². The topological polar surface area (TPSA) is 79.6 Å². The van der Waals surface area contributed by atoms with Gasteiger partial charge in [0.2, 0.25) is 0 Å². The molecule has 0 radical (unpaired) electrons. The van der Waals surface area contributed by atoms with Crippen LogP contribution in [0.3, 0.4) is 0 Å². The third-order valence-corrected chi connectivity index (χ3v) is 4.06. The van der Waals surface area contributed by atoms with Gasteiger partial charge < -0.3 is 14.4 Å². The Labute approximate surface area is 169 Å². The predicted molar refractivity (Wildman–Crippen MR) is 106 cm³/mol. The van der Waals surface area contributed by atoms with Crippen molar-refractivity contribution in [1.82, 2.24) is 0 Å². The molecule has 2 aromatic carbocycles. The minimum absolute atomic E-state index is 0.0121. The van der Waals surface area contributed by atoms with Gasteiger partial charge in [0, 0.05) is 13.0 Å². The van der Waals surface area contributed by atoms with Crippen LogP contribution < -0.4 is 9.64 Å². The normalized spacial score (nSPS) is 10.1. The molecule has 6 nitrogen and oxygen atoms in total. The third-order valence-electron chi connectivity index (χ3n) is 4.06. The number of hydrogen-bond acceptors (Lipinski definition) is 5. The molecule has 0 aliphatic rings. The molecule has 1 amide bonds. The first-order valence-electron chi connectivity index (χ1n) is 9.28. The summed E-state index contributed by atoms with van der Waals surface area (Å²) in [5, 5.41) is 8.77. The number of halogens is 1. The summed E-state index contributed by atoms with van der Waals surface area (Å²) in [5.74, 6) is -0.996. The number of nitriles is 1. The fourth-order valence-electron chi connectivity index (χ4n) is 2.55. The fourth-order valence-corrected chi connectivity index (χ4v) is 2.55. The van der Waals surface area contributed by atoms with Gasteiger partial charge in [0.05, 0.1) is 24.8 Å². The first kappa shape index (κ1) is 21.9. The Morgan fingerprint density at radius 1 is 1.14 bits per heavy atom. The van der Waals surface area contributed by atoms with Gasteiger partial charge in [-0.05, 0) is 37.6 Å². The van der Waals surface area contributed by atoms with Crippen LogP contribution in [0.2, 0.25) is 0 Å². The number of ether oxygens (including phenoxy) is 2. The highest BCUT2D eigenvalue weighted by Crippen LogP contribution is 2.19. The first-order valence-corrected chi connectivity index (χ1v) is 9.28. The number of anilines is 1. The maximum absolute atomic E-state index is 14.0. The fraction of sp³-hybridized carbons (Fsp3) is 0.318. The van der Waals surface area contributed by atoms with Crippen molar-refractivity contribution in [3.63, 3.8) is 0 Å². The predicted octanol–water partition coefficient (Wildman–Crippen LogP) is 3.78. The molecule has 7 heteroatoms. The van der Waals surface area contributed by atoms with Crippen LogP contribution in [0.15, 0.2) is 48.5 Å².